The molecule has 0 aliphatic heterocycles. The average molecular weight is 456 g/mol. The summed E-state index contributed by atoms with van der Waals surface area (Å²) in [5.41, 5.74) is 3.36. The van der Waals surface area contributed by atoms with Crippen molar-refractivity contribution in [3.05, 3.63) is 119 Å². The monoisotopic (exact) mass is 455 g/mol. The maximum atomic E-state index is 15.2. The number of fused-ring (bicyclic) bond motifs is 1. The van der Waals surface area contributed by atoms with Crippen LogP contribution in [0.5, 0.6) is 0 Å². The minimum atomic E-state index is -0.565. The van der Waals surface area contributed by atoms with E-state index in [0.717, 1.165) is 18.4 Å². The number of nitrogens with zero attached hydrogens (tertiary/aromatic N) is 1. The van der Waals surface area contributed by atoms with E-state index in [1.807, 2.05) is 25.1 Å². The van der Waals surface area contributed by atoms with E-state index in [1.165, 1.54) is 12.1 Å². The van der Waals surface area contributed by atoms with Gasteiger partial charge in [-0.2, -0.15) is 5.26 Å². The fourth-order valence-corrected chi connectivity index (χ4v) is 4.15. The van der Waals surface area contributed by atoms with Gasteiger partial charge in [0.15, 0.2) is 0 Å². The minimum absolute atomic E-state index is 0.00355. The molecule has 170 valence electrons. The second-order valence-electron chi connectivity index (χ2n) is 8.32. The molecule has 0 N–H and O–H groups in total. The SMILES string of the molecule is C/C=C/CCc1ccc(-c2ccc3c(F)c(CCc4ccc(C#N)c(F)c4)ccc3c2)c(F)c1. The smallest absolute Gasteiger partial charge is 0.141 e. The second kappa shape index (κ2) is 10.4. The van der Waals surface area contributed by atoms with Gasteiger partial charge in [0.1, 0.15) is 23.5 Å². The van der Waals surface area contributed by atoms with E-state index in [4.69, 9.17) is 5.26 Å². The molecule has 0 atom stereocenters. The van der Waals surface area contributed by atoms with Gasteiger partial charge >= 0.3 is 0 Å². The fourth-order valence-electron chi connectivity index (χ4n) is 4.15. The summed E-state index contributed by atoms with van der Waals surface area (Å²) in [4.78, 5) is 0. The standard InChI is InChI=1S/C30H24F3N/c1-2-3-4-5-20-8-14-26(29(32)17-20)23-13-15-27-24(18-23)12-11-22(30(27)33)9-6-21-7-10-25(19-34)28(31)16-21/h2-3,7-8,10-18H,4-6,9H2,1H3/b3-2+. The number of allylic oxidation sites excluding steroid dienone is 2. The molecule has 0 aliphatic carbocycles. The zero-order chi connectivity index (χ0) is 24.1. The molecule has 0 fully saturated rings. The average Bonchev–Trinajstić information content (AvgIpc) is 2.84. The van der Waals surface area contributed by atoms with Crippen LogP contribution in [0.3, 0.4) is 0 Å². The molecule has 1 nitrogen and oxygen atoms in total. The number of halogens is 3. The Kier molecular flexibility index (Phi) is 7.13. The van der Waals surface area contributed by atoms with Crippen LogP contribution in [0.1, 0.15) is 35.6 Å². The first-order valence-electron chi connectivity index (χ1n) is 11.3. The van der Waals surface area contributed by atoms with Gasteiger partial charge in [-0.1, -0.05) is 54.6 Å². The number of aryl methyl sites for hydroxylation is 3. The lowest BCUT2D eigenvalue weighted by atomic mass is 9.96. The lowest BCUT2D eigenvalue weighted by Crippen LogP contribution is -1.97. The van der Waals surface area contributed by atoms with Crippen LogP contribution in [-0.4, -0.2) is 0 Å². The van der Waals surface area contributed by atoms with Gasteiger partial charge in [-0.05, 0) is 84.5 Å². The van der Waals surface area contributed by atoms with Crippen molar-refractivity contribution in [3.63, 3.8) is 0 Å². The molecule has 4 rings (SSSR count). The first-order valence-corrected chi connectivity index (χ1v) is 11.3. The third kappa shape index (κ3) is 5.05. The minimum Gasteiger partial charge on any atom is -0.206 e. The van der Waals surface area contributed by atoms with Gasteiger partial charge in [0, 0.05) is 10.9 Å². The first kappa shape index (κ1) is 23.3. The molecule has 0 aliphatic rings. The zero-order valence-corrected chi connectivity index (χ0v) is 18.9. The van der Waals surface area contributed by atoms with E-state index in [1.54, 1.807) is 48.5 Å². The van der Waals surface area contributed by atoms with E-state index >= 15 is 4.39 Å². The van der Waals surface area contributed by atoms with Gasteiger partial charge < -0.3 is 0 Å². The van der Waals surface area contributed by atoms with Gasteiger partial charge in [-0.25, -0.2) is 13.2 Å². The summed E-state index contributed by atoms with van der Waals surface area (Å²) in [5.74, 6) is -1.17. The van der Waals surface area contributed by atoms with Crippen LogP contribution in [0.2, 0.25) is 0 Å². The molecule has 0 heterocycles. The summed E-state index contributed by atoms with van der Waals surface area (Å²) in [6.45, 7) is 1.96. The topological polar surface area (TPSA) is 23.8 Å². The molecule has 0 aromatic heterocycles. The summed E-state index contributed by atoms with van der Waals surface area (Å²) in [6.07, 6.45) is 6.54. The summed E-state index contributed by atoms with van der Waals surface area (Å²) in [7, 11) is 0. The molecular formula is C30H24F3N. The van der Waals surface area contributed by atoms with Crippen LogP contribution in [0, 0.1) is 28.8 Å². The van der Waals surface area contributed by atoms with Crippen LogP contribution >= 0.6 is 0 Å². The van der Waals surface area contributed by atoms with Crippen molar-refractivity contribution in [1.82, 2.24) is 0 Å². The van der Waals surface area contributed by atoms with E-state index < -0.39 is 5.82 Å². The molecule has 34 heavy (non-hydrogen) atoms. The Morgan fingerprint density at radius 3 is 2.29 bits per heavy atom. The molecule has 4 aromatic carbocycles. The number of benzene rings is 4. The second-order valence-corrected chi connectivity index (χ2v) is 8.32. The van der Waals surface area contributed by atoms with Crippen LogP contribution in [-0.2, 0) is 19.3 Å². The number of hydrogen-bond acceptors (Lipinski definition) is 1. The van der Waals surface area contributed by atoms with Gasteiger partial charge in [0.2, 0.25) is 0 Å². The van der Waals surface area contributed by atoms with E-state index in [2.05, 4.69) is 6.08 Å². The van der Waals surface area contributed by atoms with Gasteiger partial charge in [-0.15, -0.1) is 0 Å². The first-order chi connectivity index (χ1) is 16.5. The van der Waals surface area contributed by atoms with Crippen molar-refractivity contribution < 1.29 is 13.2 Å². The molecular weight excluding hydrogens is 431 g/mol. The van der Waals surface area contributed by atoms with Crippen molar-refractivity contribution in [1.29, 1.82) is 5.26 Å². The van der Waals surface area contributed by atoms with E-state index in [9.17, 15) is 8.78 Å². The molecule has 4 heteroatoms. The van der Waals surface area contributed by atoms with E-state index in [0.29, 0.717) is 45.9 Å². The fraction of sp³-hybridized carbons (Fsp3) is 0.167. The molecule has 0 unspecified atom stereocenters. The molecule has 0 radical (unpaired) electrons. The number of rotatable bonds is 7. The van der Waals surface area contributed by atoms with Crippen molar-refractivity contribution in [2.75, 3.05) is 0 Å². The Hall–Kier alpha value is -3.84. The summed E-state index contributed by atoms with van der Waals surface area (Å²) < 4.78 is 43.8. The summed E-state index contributed by atoms with van der Waals surface area (Å²) in [5, 5.41) is 10.0. The van der Waals surface area contributed by atoms with Crippen LogP contribution in [0.15, 0.2) is 78.9 Å². The molecule has 4 aromatic rings. The van der Waals surface area contributed by atoms with E-state index in [-0.39, 0.29) is 17.2 Å². The molecule has 0 amide bonds. The zero-order valence-electron chi connectivity index (χ0n) is 18.9. The Morgan fingerprint density at radius 1 is 0.794 bits per heavy atom. The van der Waals surface area contributed by atoms with Gasteiger partial charge in [0.05, 0.1) is 5.56 Å². The predicted octanol–water partition coefficient (Wildman–Crippen LogP) is 8.09. The molecule has 0 spiro atoms. The maximum absolute atomic E-state index is 15.2. The third-order valence-electron chi connectivity index (χ3n) is 6.05. The lowest BCUT2D eigenvalue weighted by molar-refractivity contribution is 0.616. The molecule has 0 saturated carbocycles. The summed E-state index contributed by atoms with van der Waals surface area (Å²) in [6, 6.07) is 20.3. The highest BCUT2D eigenvalue weighted by Crippen LogP contribution is 2.30. The van der Waals surface area contributed by atoms with Crippen molar-refractivity contribution in [3.8, 4) is 17.2 Å². The highest BCUT2D eigenvalue weighted by Gasteiger charge is 2.12. The lowest BCUT2D eigenvalue weighted by Gasteiger charge is -2.10. The Balaban J connectivity index is 1.55. The molecule has 0 saturated heterocycles. The number of nitriles is 1. The van der Waals surface area contributed by atoms with Crippen molar-refractivity contribution in [2.24, 2.45) is 0 Å². The van der Waals surface area contributed by atoms with Crippen LogP contribution in [0.4, 0.5) is 13.2 Å². The predicted molar refractivity (Wildman–Crippen MR) is 131 cm³/mol. The normalized spacial score (nSPS) is 11.3. The molecule has 0 bridgehead atoms. The van der Waals surface area contributed by atoms with Crippen LogP contribution in [0.25, 0.3) is 21.9 Å². The van der Waals surface area contributed by atoms with Crippen molar-refractivity contribution >= 4 is 10.8 Å². The van der Waals surface area contributed by atoms with Gasteiger partial charge in [0.25, 0.3) is 0 Å². The Labute approximate surface area is 197 Å². The van der Waals surface area contributed by atoms with Gasteiger partial charge in [-0.3, -0.25) is 0 Å². The van der Waals surface area contributed by atoms with Crippen molar-refractivity contribution in [2.45, 2.75) is 32.6 Å². The highest BCUT2D eigenvalue weighted by molar-refractivity contribution is 5.88. The Morgan fingerprint density at radius 2 is 1.56 bits per heavy atom. The van der Waals surface area contributed by atoms with Crippen LogP contribution < -0.4 is 0 Å². The quantitative estimate of drug-likeness (QED) is 0.258. The maximum Gasteiger partial charge on any atom is 0.141 e. The summed E-state index contributed by atoms with van der Waals surface area (Å²) >= 11 is 0. The highest BCUT2D eigenvalue weighted by atomic mass is 19.1. The number of hydrogen-bond donors (Lipinski definition) is 0. The third-order valence-corrected chi connectivity index (χ3v) is 6.05. The Bertz CT molecular complexity index is 1410. The largest absolute Gasteiger partial charge is 0.206 e.